The first-order chi connectivity index (χ1) is 5.65. The Morgan fingerprint density at radius 3 is 2.67 bits per heavy atom. The molecule has 0 aliphatic rings. The van der Waals surface area contributed by atoms with Crippen LogP contribution >= 0.6 is 43.5 Å². The summed E-state index contributed by atoms with van der Waals surface area (Å²) >= 11 is 12.3. The monoisotopic (exact) mass is 310 g/mol. The van der Waals surface area contributed by atoms with Gasteiger partial charge in [-0.2, -0.15) is 0 Å². The van der Waals surface area contributed by atoms with Gasteiger partial charge in [-0.25, -0.2) is 0 Å². The first-order valence-electron chi connectivity index (χ1n) is 3.19. The second-order valence-corrected chi connectivity index (χ2v) is 4.46. The lowest BCUT2D eigenvalue weighted by Crippen LogP contribution is -1.89. The van der Waals surface area contributed by atoms with Crippen LogP contribution in [0.1, 0.15) is 10.4 Å². The first kappa shape index (κ1) is 10.2. The van der Waals surface area contributed by atoms with Crippen molar-refractivity contribution in [3.05, 3.63) is 33.3 Å². The van der Waals surface area contributed by atoms with Crippen molar-refractivity contribution in [2.24, 2.45) is 0 Å². The van der Waals surface area contributed by atoms with Crippen LogP contribution in [-0.4, -0.2) is 6.29 Å². The van der Waals surface area contributed by atoms with E-state index in [0.29, 0.717) is 5.02 Å². The molecule has 1 nitrogen and oxygen atoms in total. The number of halogens is 3. The predicted molar refractivity (Wildman–Crippen MR) is 56.9 cm³/mol. The van der Waals surface area contributed by atoms with Crippen LogP contribution in [0, 0.1) is 0 Å². The van der Waals surface area contributed by atoms with Gasteiger partial charge >= 0.3 is 0 Å². The molecule has 0 spiro atoms. The van der Waals surface area contributed by atoms with Crippen molar-refractivity contribution in [2.45, 2.75) is 4.83 Å². The number of carbonyl (C=O) groups is 1. The highest BCUT2D eigenvalue weighted by Gasteiger charge is 2.06. The molecule has 0 radical (unpaired) electrons. The Hall–Kier alpha value is 0.140. The fourth-order valence-electron chi connectivity index (χ4n) is 0.762. The summed E-state index contributed by atoms with van der Waals surface area (Å²) in [6.07, 6.45) is 0.819. The molecule has 1 unspecified atom stereocenters. The van der Waals surface area contributed by atoms with Gasteiger partial charge in [0.2, 0.25) is 0 Å². The molecule has 0 fully saturated rings. The van der Waals surface area contributed by atoms with E-state index < -0.39 is 0 Å². The summed E-state index contributed by atoms with van der Waals surface area (Å²) < 4.78 is 0.832. The van der Waals surface area contributed by atoms with Gasteiger partial charge < -0.3 is 4.79 Å². The molecule has 4 heteroatoms. The quantitative estimate of drug-likeness (QED) is 0.600. The molecule has 0 aromatic heterocycles. The normalized spacial score (nSPS) is 12.6. The summed E-state index contributed by atoms with van der Waals surface area (Å²) in [6.45, 7) is 0. The SMILES string of the molecule is O=CC(Br)c1ccc(Br)c(Cl)c1. The second-order valence-electron chi connectivity index (χ2n) is 2.21. The third-order valence-corrected chi connectivity index (χ3v) is 3.36. The van der Waals surface area contributed by atoms with Crippen LogP contribution in [0.3, 0.4) is 0 Å². The molecule has 0 bridgehead atoms. The molecule has 1 aromatic rings. The molecule has 1 atom stereocenters. The molecule has 0 aliphatic carbocycles. The van der Waals surface area contributed by atoms with E-state index in [-0.39, 0.29) is 4.83 Å². The molecule has 0 aliphatic heterocycles. The van der Waals surface area contributed by atoms with E-state index >= 15 is 0 Å². The summed E-state index contributed by atoms with van der Waals surface area (Å²) in [6, 6.07) is 5.40. The number of rotatable bonds is 2. The maximum atomic E-state index is 10.4. The van der Waals surface area contributed by atoms with Gasteiger partial charge in [-0.05, 0) is 33.6 Å². The Morgan fingerprint density at radius 2 is 2.17 bits per heavy atom. The number of aldehydes is 1. The molecule has 1 aromatic carbocycles. The highest BCUT2D eigenvalue weighted by molar-refractivity contribution is 9.10. The minimum Gasteiger partial charge on any atom is -0.302 e. The van der Waals surface area contributed by atoms with Gasteiger partial charge in [-0.1, -0.05) is 33.6 Å². The van der Waals surface area contributed by atoms with Crippen LogP contribution in [-0.2, 0) is 4.79 Å². The molecule has 0 saturated heterocycles. The second kappa shape index (κ2) is 4.40. The highest BCUT2D eigenvalue weighted by Crippen LogP contribution is 2.28. The maximum absolute atomic E-state index is 10.4. The zero-order chi connectivity index (χ0) is 9.14. The number of hydrogen-bond donors (Lipinski definition) is 0. The highest BCUT2D eigenvalue weighted by atomic mass is 79.9. The van der Waals surface area contributed by atoms with E-state index in [9.17, 15) is 4.79 Å². The van der Waals surface area contributed by atoms with Crippen molar-refractivity contribution >= 4 is 49.7 Å². The van der Waals surface area contributed by atoms with Crippen LogP contribution in [0.5, 0.6) is 0 Å². The Morgan fingerprint density at radius 1 is 1.50 bits per heavy atom. The number of carbonyl (C=O) groups excluding carboxylic acids is 1. The average molecular weight is 312 g/mol. The van der Waals surface area contributed by atoms with Gasteiger partial charge in [0.15, 0.2) is 0 Å². The molecule has 0 N–H and O–H groups in total. The van der Waals surface area contributed by atoms with E-state index in [1.165, 1.54) is 0 Å². The lowest BCUT2D eigenvalue weighted by atomic mass is 10.2. The predicted octanol–water partition coefficient (Wildman–Crippen LogP) is 3.74. The van der Waals surface area contributed by atoms with Gasteiger partial charge in [0.25, 0.3) is 0 Å². The van der Waals surface area contributed by atoms with Gasteiger partial charge in [0.1, 0.15) is 6.29 Å². The van der Waals surface area contributed by atoms with E-state index in [1.807, 2.05) is 12.1 Å². The molecular weight excluding hydrogens is 307 g/mol. The number of alkyl halides is 1. The molecule has 12 heavy (non-hydrogen) atoms. The Kier molecular flexibility index (Phi) is 3.75. The molecular formula is C8H5Br2ClO. The van der Waals surface area contributed by atoms with Crippen molar-refractivity contribution in [1.82, 2.24) is 0 Å². The van der Waals surface area contributed by atoms with Gasteiger partial charge in [0, 0.05) is 4.47 Å². The lowest BCUT2D eigenvalue weighted by Gasteiger charge is -2.03. The summed E-state index contributed by atoms with van der Waals surface area (Å²) in [5.41, 5.74) is 0.859. The van der Waals surface area contributed by atoms with E-state index in [1.54, 1.807) is 6.07 Å². The third kappa shape index (κ3) is 2.31. The molecule has 1 rings (SSSR count). The first-order valence-corrected chi connectivity index (χ1v) is 5.28. The minimum atomic E-state index is -0.275. The zero-order valence-electron chi connectivity index (χ0n) is 5.93. The largest absolute Gasteiger partial charge is 0.302 e. The number of hydrogen-bond acceptors (Lipinski definition) is 1. The summed E-state index contributed by atoms with van der Waals surface area (Å²) in [5, 5.41) is 0.610. The average Bonchev–Trinajstić information content (AvgIpc) is 2.08. The van der Waals surface area contributed by atoms with E-state index in [4.69, 9.17) is 11.6 Å². The van der Waals surface area contributed by atoms with Crippen LogP contribution < -0.4 is 0 Å². The smallest absolute Gasteiger partial charge is 0.138 e. The van der Waals surface area contributed by atoms with Crippen molar-refractivity contribution in [3.8, 4) is 0 Å². The topological polar surface area (TPSA) is 17.1 Å². The Bertz CT molecular complexity index is 301. The molecule has 0 amide bonds. The Balaban J connectivity index is 3.04. The van der Waals surface area contributed by atoms with Crippen LogP contribution in [0.15, 0.2) is 22.7 Å². The van der Waals surface area contributed by atoms with Gasteiger partial charge in [-0.15, -0.1) is 0 Å². The fraction of sp³-hybridized carbons (Fsp3) is 0.125. The summed E-state index contributed by atoms with van der Waals surface area (Å²) in [7, 11) is 0. The third-order valence-electron chi connectivity index (χ3n) is 1.38. The van der Waals surface area contributed by atoms with Crippen molar-refractivity contribution in [2.75, 3.05) is 0 Å². The Labute approximate surface area is 92.4 Å². The minimum absolute atomic E-state index is 0.275. The molecule has 0 saturated carbocycles. The van der Waals surface area contributed by atoms with Crippen LogP contribution in [0.4, 0.5) is 0 Å². The summed E-state index contributed by atoms with van der Waals surface area (Å²) in [4.78, 5) is 10.1. The number of benzene rings is 1. The fourth-order valence-corrected chi connectivity index (χ4v) is 1.48. The van der Waals surface area contributed by atoms with E-state index in [0.717, 1.165) is 16.3 Å². The van der Waals surface area contributed by atoms with E-state index in [2.05, 4.69) is 31.9 Å². The van der Waals surface area contributed by atoms with Crippen LogP contribution in [0.2, 0.25) is 5.02 Å². The van der Waals surface area contributed by atoms with Crippen molar-refractivity contribution in [1.29, 1.82) is 0 Å². The van der Waals surface area contributed by atoms with Gasteiger partial charge in [-0.3, -0.25) is 0 Å². The maximum Gasteiger partial charge on any atom is 0.138 e. The van der Waals surface area contributed by atoms with Gasteiger partial charge in [0.05, 0.1) is 9.85 Å². The van der Waals surface area contributed by atoms with Crippen molar-refractivity contribution < 1.29 is 4.79 Å². The summed E-state index contributed by atoms with van der Waals surface area (Å²) in [5.74, 6) is 0. The lowest BCUT2D eigenvalue weighted by molar-refractivity contribution is -0.107. The standard InChI is InChI=1S/C8H5Br2ClO/c9-6-2-1-5(3-8(6)11)7(10)4-12/h1-4,7H. The van der Waals surface area contributed by atoms with Crippen molar-refractivity contribution in [3.63, 3.8) is 0 Å². The molecule has 64 valence electrons. The molecule has 0 heterocycles. The van der Waals surface area contributed by atoms with Crippen LogP contribution in [0.25, 0.3) is 0 Å². The zero-order valence-corrected chi connectivity index (χ0v) is 9.86.